The maximum Gasteiger partial charge on any atom is 0.137 e. The molecule has 5 heteroatoms. The van der Waals surface area contributed by atoms with Crippen molar-refractivity contribution in [3.63, 3.8) is 0 Å². The molecular formula is C18H18N4O. The standard InChI is InChI=1S/C18H18N4O/c19-10-16-6-7-18-20-11-17(22(18)13-16)14-21(8-9-23)12-15-4-2-1-3-5-15/h1-7,11,13,23H,8-9,12,14H2. The summed E-state index contributed by atoms with van der Waals surface area (Å²) in [7, 11) is 0. The van der Waals surface area contributed by atoms with Crippen LogP contribution >= 0.6 is 0 Å². The number of hydrogen-bond donors (Lipinski definition) is 1. The zero-order chi connectivity index (χ0) is 16.1. The molecule has 116 valence electrons. The Labute approximate surface area is 135 Å². The van der Waals surface area contributed by atoms with Gasteiger partial charge in [-0.1, -0.05) is 30.3 Å². The van der Waals surface area contributed by atoms with Gasteiger partial charge in [0.1, 0.15) is 11.7 Å². The topological polar surface area (TPSA) is 64.6 Å². The number of pyridine rings is 1. The molecule has 1 aromatic carbocycles. The molecule has 23 heavy (non-hydrogen) atoms. The van der Waals surface area contributed by atoms with Crippen molar-refractivity contribution in [1.82, 2.24) is 14.3 Å². The lowest BCUT2D eigenvalue weighted by molar-refractivity contribution is 0.182. The Hall–Kier alpha value is -2.68. The molecule has 0 spiro atoms. The van der Waals surface area contributed by atoms with Gasteiger partial charge in [-0.3, -0.25) is 4.90 Å². The van der Waals surface area contributed by atoms with E-state index in [1.165, 1.54) is 5.56 Å². The van der Waals surface area contributed by atoms with Crippen LogP contribution in [0.3, 0.4) is 0 Å². The monoisotopic (exact) mass is 306 g/mol. The van der Waals surface area contributed by atoms with Crippen molar-refractivity contribution in [3.8, 4) is 6.07 Å². The lowest BCUT2D eigenvalue weighted by Crippen LogP contribution is -2.26. The van der Waals surface area contributed by atoms with E-state index in [1.807, 2.05) is 34.9 Å². The van der Waals surface area contributed by atoms with Gasteiger partial charge in [0.05, 0.1) is 24.1 Å². The lowest BCUT2D eigenvalue weighted by Gasteiger charge is -2.21. The highest BCUT2D eigenvalue weighted by atomic mass is 16.3. The van der Waals surface area contributed by atoms with Crippen LogP contribution in [0.5, 0.6) is 0 Å². The molecule has 0 saturated carbocycles. The molecule has 0 amide bonds. The fourth-order valence-electron chi connectivity index (χ4n) is 2.64. The summed E-state index contributed by atoms with van der Waals surface area (Å²) in [6, 6.07) is 15.9. The van der Waals surface area contributed by atoms with Crippen molar-refractivity contribution in [2.45, 2.75) is 13.1 Å². The molecule has 2 heterocycles. The largest absolute Gasteiger partial charge is 0.395 e. The van der Waals surface area contributed by atoms with E-state index in [0.717, 1.165) is 17.9 Å². The van der Waals surface area contributed by atoms with E-state index in [9.17, 15) is 5.11 Å². The Kier molecular flexibility index (Phi) is 4.67. The van der Waals surface area contributed by atoms with E-state index in [0.29, 0.717) is 18.7 Å². The van der Waals surface area contributed by atoms with Gasteiger partial charge in [0, 0.05) is 25.8 Å². The van der Waals surface area contributed by atoms with E-state index in [2.05, 4.69) is 28.1 Å². The number of aromatic nitrogens is 2. The third-order valence-corrected chi connectivity index (χ3v) is 3.76. The summed E-state index contributed by atoms with van der Waals surface area (Å²) in [6.45, 7) is 2.10. The number of fused-ring (bicyclic) bond motifs is 1. The summed E-state index contributed by atoms with van der Waals surface area (Å²) in [4.78, 5) is 6.54. The van der Waals surface area contributed by atoms with Crippen LogP contribution in [0.15, 0.2) is 54.9 Å². The number of hydrogen-bond acceptors (Lipinski definition) is 4. The normalized spacial score (nSPS) is 11.0. The predicted molar refractivity (Wildman–Crippen MR) is 87.5 cm³/mol. The minimum Gasteiger partial charge on any atom is -0.395 e. The minimum atomic E-state index is 0.104. The van der Waals surface area contributed by atoms with Crippen LogP contribution in [0.25, 0.3) is 5.65 Å². The molecule has 2 aromatic heterocycles. The van der Waals surface area contributed by atoms with Gasteiger partial charge in [-0.05, 0) is 17.7 Å². The predicted octanol–water partition coefficient (Wildman–Crippen LogP) is 2.20. The second-order valence-electron chi connectivity index (χ2n) is 5.43. The number of aliphatic hydroxyl groups is 1. The van der Waals surface area contributed by atoms with Crippen LogP contribution in [0.2, 0.25) is 0 Å². The zero-order valence-electron chi connectivity index (χ0n) is 12.8. The van der Waals surface area contributed by atoms with Crippen molar-refractivity contribution in [3.05, 3.63) is 71.7 Å². The van der Waals surface area contributed by atoms with Crippen molar-refractivity contribution in [2.75, 3.05) is 13.2 Å². The van der Waals surface area contributed by atoms with E-state index in [1.54, 1.807) is 12.3 Å². The first-order valence-electron chi connectivity index (χ1n) is 7.53. The molecule has 0 fully saturated rings. The van der Waals surface area contributed by atoms with Gasteiger partial charge in [-0.15, -0.1) is 0 Å². The summed E-state index contributed by atoms with van der Waals surface area (Å²) in [6.07, 6.45) is 3.63. The van der Waals surface area contributed by atoms with Crippen LogP contribution in [0.1, 0.15) is 16.8 Å². The molecule has 0 atom stereocenters. The van der Waals surface area contributed by atoms with Crippen LogP contribution in [0.4, 0.5) is 0 Å². The zero-order valence-corrected chi connectivity index (χ0v) is 12.8. The molecule has 1 N–H and O–H groups in total. The second-order valence-corrected chi connectivity index (χ2v) is 5.43. The average molecular weight is 306 g/mol. The first kappa shape index (κ1) is 15.2. The maximum absolute atomic E-state index is 9.33. The summed E-state index contributed by atoms with van der Waals surface area (Å²) in [5, 5.41) is 18.4. The number of aliphatic hydroxyl groups excluding tert-OH is 1. The number of nitrogens with zero attached hydrogens (tertiary/aromatic N) is 4. The van der Waals surface area contributed by atoms with Crippen molar-refractivity contribution in [1.29, 1.82) is 5.26 Å². The molecular weight excluding hydrogens is 288 g/mol. The summed E-state index contributed by atoms with van der Waals surface area (Å²) in [5.41, 5.74) is 3.63. The first-order chi connectivity index (χ1) is 11.3. The SMILES string of the molecule is N#Cc1ccc2ncc(CN(CCO)Cc3ccccc3)n2c1. The summed E-state index contributed by atoms with van der Waals surface area (Å²) >= 11 is 0. The molecule has 0 aliphatic rings. The smallest absolute Gasteiger partial charge is 0.137 e. The molecule has 3 aromatic rings. The number of nitriles is 1. The Morgan fingerprint density at radius 2 is 1.96 bits per heavy atom. The minimum absolute atomic E-state index is 0.104. The average Bonchev–Trinajstić information content (AvgIpc) is 2.98. The van der Waals surface area contributed by atoms with Crippen LogP contribution in [0, 0.1) is 11.3 Å². The van der Waals surface area contributed by atoms with E-state index in [4.69, 9.17) is 5.26 Å². The van der Waals surface area contributed by atoms with Gasteiger partial charge in [0.2, 0.25) is 0 Å². The maximum atomic E-state index is 9.33. The van der Waals surface area contributed by atoms with E-state index in [-0.39, 0.29) is 6.61 Å². The fraction of sp³-hybridized carbons (Fsp3) is 0.222. The first-order valence-corrected chi connectivity index (χ1v) is 7.53. The number of imidazole rings is 1. The molecule has 3 rings (SSSR count). The third-order valence-electron chi connectivity index (χ3n) is 3.76. The van der Waals surface area contributed by atoms with Gasteiger partial charge < -0.3 is 9.51 Å². The molecule has 0 unspecified atom stereocenters. The molecule has 0 aliphatic heterocycles. The number of benzene rings is 1. The van der Waals surface area contributed by atoms with Crippen LogP contribution in [-0.2, 0) is 13.1 Å². The molecule has 0 aliphatic carbocycles. The van der Waals surface area contributed by atoms with E-state index < -0.39 is 0 Å². The summed E-state index contributed by atoms with van der Waals surface area (Å²) in [5.74, 6) is 0. The van der Waals surface area contributed by atoms with Crippen molar-refractivity contribution >= 4 is 5.65 Å². The van der Waals surface area contributed by atoms with Gasteiger partial charge in [0.15, 0.2) is 0 Å². The number of rotatable bonds is 6. The van der Waals surface area contributed by atoms with Gasteiger partial charge in [0.25, 0.3) is 0 Å². The van der Waals surface area contributed by atoms with Crippen molar-refractivity contribution < 1.29 is 5.11 Å². The molecule has 0 radical (unpaired) electrons. The van der Waals surface area contributed by atoms with Crippen molar-refractivity contribution in [2.24, 2.45) is 0 Å². The third kappa shape index (κ3) is 3.57. The van der Waals surface area contributed by atoms with Gasteiger partial charge in [-0.2, -0.15) is 5.26 Å². The van der Waals surface area contributed by atoms with Crippen LogP contribution < -0.4 is 0 Å². The Morgan fingerprint density at radius 1 is 1.13 bits per heavy atom. The Morgan fingerprint density at radius 3 is 2.70 bits per heavy atom. The summed E-state index contributed by atoms with van der Waals surface area (Å²) < 4.78 is 1.94. The van der Waals surface area contributed by atoms with Gasteiger partial charge in [-0.25, -0.2) is 4.98 Å². The lowest BCUT2D eigenvalue weighted by atomic mass is 10.2. The Bertz CT molecular complexity index is 820. The quantitative estimate of drug-likeness (QED) is 0.758. The fourth-order valence-corrected chi connectivity index (χ4v) is 2.64. The Balaban J connectivity index is 1.84. The molecule has 5 nitrogen and oxygen atoms in total. The highest BCUT2D eigenvalue weighted by Gasteiger charge is 2.11. The van der Waals surface area contributed by atoms with Crippen LogP contribution in [-0.4, -0.2) is 32.5 Å². The van der Waals surface area contributed by atoms with Gasteiger partial charge >= 0.3 is 0 Å². The molecule has 0 bridgehead atoms. The highest BCUT2D eigenvalue weighted by molar-refractivity contribution is 5.44. The molecule has 0 saturated heterocycles. The highest BCUT2D eigenvalue weighted by Crippen LogP contribution is 2.13. The second kappa shape index (κ2) is 7.05. The van der Waals surface area contributed by atoms with E-state index >= 15 is 0 Å².